The van der Waals surface area contributed by atoms with Gasteiger partial charge in [-0.15, -0.1) is 0 Å². The summed E-state index contributed by atoms with van der Waals surface area (Å²) in [4.78, 5) is 13.7. The molecule has 1 amide bonds. The van der Waals surface area contributed by atoms with E-state index >= 15 is 0 Å². The topological polar surface area (TPSA) is 61.8 Å². The molecule has 0 spiro atoms. The van der Waals surface area contributed by atoms with Crippen LogP contribution in [0.25, 0.3) is 0 Å². The first-order valence-electron chi connectivity index (χ1n) is 5.85. The molecule has 16 heavy (non-hydrogen) atoms. The van der Waals surface area contributed by atoms with Gasteiger partial charge in [-0.1, -0.05) is 0 Å². The lowest BCUT2D eigenvalue weighted by Crippen LogP contribution is -2.52. The summed E-state index contributed by atoms with van der Waals surface area (Å²) in [6.45, 7) is 3.84. The predicted molar refractivity (Wildman–Crippen MR) is 61.2 cm³/mol. The molecule has 94 valence electrons. The number of hydrogen-bond acceptors (Lipinski definition) is 4. The standard InChI is InChI=1S/C11H22N2O3/c1-9-8-16-10(7-14)6-13(9)11(15)4-3-5-12-2/h9-10,12,14H,3-8H2,1-2H3. The average Bonchev–Trinajstić information content (AvgIpc) is 2.30. The number of carbonyl (C=O) groups is 1. The smallest absolute Gasteiger partial charge is 0.223 e. The van der Waals surface area contributed by atoms with Gasteiger partial charge in [0.2, 0.25) is 5.91 Å². The van der Waals surface area contributed by atoms with E-state index in [0.717, 1.165) is 13.0 Å². The molecule has 2 N–H and O–H groups in total. The van der Waals surface area contributed by atoms with Gasteiger partial charge < -0.3 is 20.1 Å². The van der Waals surface area contributed by atoms with Crippen molar-refractivity contribution in [1.29, 1.82) is 0 Å². The van der Waals surface area contributed by atoms with Gasteiger partial charge in [0.1, 0.15) is 0 Å². The maximum absolute atomic E-state index is 11.9. The molecule has 1 heterocycles. The number of morpholine rings is 1. The molecule has 5 nitrogen and oxygen atoms in total. The van der Waals surface area contributed by atoms with Gasteiger partial charge in [-0.2, -0.15) is 0 Å². The molecular weight excluding hydrogens is 208 g/mol. The molecule has 0 aromatic carbocycles. The second-order valence-corrected chi connectivity index (χ2v) is 4.24. The van der Waals surface area contributed by atoms with Crippen LogP contribution in [0.15, 0.2) is 0 Å². The summed E-state index contributed by atoms with van der Waals surface area (Å²) in [6, 6.07) is 0.116. The van der Waals surface area contributed by atoms with E-state index in [4.69, 9.17) is 9.84 Å². The minimum atomic E-state index is -0.218. The van der Waals surface area contributed by atoms with E-state index in [0.29, 0.717) is 19.6 Å². The lowest BCUT2D eigenvalue weighted by atomic mass is 10.1. The van der Waals surface area contributed by atoms with Crippen LogP contribution >= 0.6 is 0 Å². The summed E-state index contributed by atoms with van der Waals surface area (Å²) in [7, 11) is 1.88. The number of amides is 1. The summed E-state index contributed by atoms with van der Waals surface area (Å²) in [5.74, 6) is 0.157. The van der Waals surface area contributed by atoms with Crippen LogP contribution in [0.4, 0.5) is 0 Å². The monoisotopic (exact) mass is 230 g/mol. The fourth-order valence-corrected chi connectivity index (χ4v) is 1.84. The lowest BCUT2D eigenvalue weighted by molar-refractivity contribution is -0.146. The van der Waals surface area contributed by atoms with Crippen LogP contribution in [-0.2, 0) is 9.53 Å². The first kappa shape index (κ1) is 13.4. The van der Waals surface area contributed by atoms with E-state index in [9.17, 15) is 4.79 Å². The molecule has 0 aliphatic carbocycles. The summed E-state index contributed by atoms with van der Waals surface area (Å²) in [6.07, 6.45) is 1.19. The van der Waals surface area contributed by atoms with Gasteiger partial charge in [-0.05, 0) is 26.9 Å². The second-order valence-electron chi connectivity index (χ2n) is 4.24. The number of aliphatic hydroxyl groups excluding tert-OH is 1. The normalized spacial score (nSPS) is 25.8. The zero-order valence-electron chi connectivity index (χ0n) is 10.1. The van der Waals surface area contributed by atoms with Crippen molar-refractivity contribution in [3.05, 3.63) is 0 Å². The minimum absolute atomic E-state index is 0.0208. The number of nitrogens with one attached hydrogen (secondary N) is 1. The van der Waals surface area contributed by atoms with Crippen LogP contribution in [0.1, 0.15) is 19.8 Å². The number of aliphatic hydroxyl groups is 1. The Bertz CT molecular complexity index is 223. The van der Waals surface area contributed by atoms with Crippen molar-refractivity contribution < 1.29 is 14.6 Å². The van der Waals surface area contributed by atoms with Crippen LogP contribution in [0.2, 0.25) is 0 Å². The zero-order chi connectivity index (χ0) is 12.0. The number of carbonyl (C=O) groups excluding carboxylic acids is 1. The van der Waals surface area contributed by atoms with Crippen molar-refractivity contribution in [3.63, 3.8) is 0 Å². The van der Waals surface area contributed by atoms with Crippen molar-refractivity contribution in [2.45, 2.75) is 31.9 Å². The van der Waals surface area contributed by atoms with Crippen molar-refractivity contribution in [2.24, 2.45) is 0 Å². The molecule has 5 heteroatoms. The Morgan fingerprint density at radius 3 is 3.00 bits per heavy atom. The summed E-state index contributed by atoms with van der Waals surface area (Å²) in [5, 5.41) is 12.0. The fraction of sp³-hybridized carbons (Fsp3) is 0.909. The summed E-state index contributed by atoms with van der Waals surface area (Å²) in [5.41, 5.74) is 0. The molecule has 0 aromatic rings. The number of hydrogen-bond donors (Lipinski definition) is 2. The fourth-order valence-electron chi connectivity index (χ4n) is 1.84. The van der Waals surface area contributed by atoms with Gasteiger partial charge in [-0.25, -0.2) is 0 Å². The average molecular weight is 230 g/mol. The van der Waals surface area contributed by atoms with Gasteiger partial charge in [-0.3, -0.25) is 4.79 Å². The molecular formula is C11H22N2O3. The Kier molecular flexibility index (Phi) is 5.73. The van der Waals surface area contributed by atoms with Crippen LogP contribution in [0, 0.1) is 0 Å². The van der Waals surface area contributed by atoms with Gasteiger partial charge in [0, 0.05) is 13.0 Å². The third-order valence-corrected chi connectivity index (χ3v) is 2.85. The molecule has 0 aromatic heterocycles. The van der Waals surface area contributed by atoms with E-state index in [2.05, 4.69) is 5.32 Å². The Morgan fingerprint density at radius 1 is 1.62 bits per heavy atom. The molecule has 1 aliphatic heterocycles. The maximum Gasteiger partial charge on any atom is 0.223 e. The number of nitrogens with zero attached hydrogens (tertiary/aromatic N) is 1. The molecule has 0 bridgehead atoms. The highest BCUT2D eigenvalue weighted by atomic mass is 16.5. The lowest BCUT2D eigenvalue weighted by Gasteiger charge is -2.37. The van der Waals surface area contributed by atoms with Crippen LogP contribution in [0.3, 0.4) is 0 Å². The quantitative estimate of drug-likeness (QED) is 0.631. The first-order valence-corrected chi connectivity index (χ1v) is 5.85. The van der Waals surface area contributed by atoms with Crippen molar-refractivity contribution in [2.75, 3.05) is 33.4 Å². The largest absolute Gasteiger partial charge is 0.394 e. The van der Waals surface area contributed by atoms with E-state index in [1.807, 2.05) is 18.9 Å². The van der Waals surface area contributed by atoms with E-state index in [1.165, 1.54) is 0 Å². The highest BCUT2D eigenvalue weighted by Crippen LogP contribution is 2.13. The van der Waals surface area contributed by atoms with Gasteiger partial charge in [0.15, 0.2) is 0 Å². The number of ether oxygens (including phenoxy) is 1. The molecule has 2 unspecified atom stereocenters. The molecule has 2 atom stereocenters. The van der Waals surface area contributed by atoms with Gasteiger partial charge >= 0.3 is 0 Å². The SMILES string of the molecule is CNCCCC(=O)N1CC(CO)OCC1C. The van der Waals surface area contributed by atoms with E-state index in [-0.39, 0.29) is 24.7 Å². The molecule has 1 aliphatic rings. The minimum Gasteiger partial charge on any atom is -0.394 e. The first-order chi connectivity index (χ1) is 7.69. The summed E-state index contributed by atoms with van der Waals surface area (Å²) >= 11 is 0. The summed E-state index contributed by atoms with van der Waals surface area (Å²) < 4.78 is 5.39. The third kappa shape index (κ3) is 3.73. The predicted octanol–water partition coefficient (Wildman–Crippen LogP) is -0.406. The zero-order valence-corrected chi connectivity index (χ0v) is 10.1. The van der Waals surface area contributed by atoms with E-state index < -0.39 is 0 Å². The molecule has 1 saturated heterocycles. The number of rotatable bonds is 5. The molecule has 0 radical (unpaired) electrons. The second kappa shape index (κ2) is 6.83. The Balaban J connectivity index is 2.39. The van der Waals surface area contributed by atoms with Crippen LogP contribution in [0.5, 0.6) is 0 Å². The van der Waals surface area contributed by atoms with Crippen molar-refractivity contribution >= 4 is 5.91 Å². The van der Waals surface area contributed by atoms with Crippen molar-refractivity contribution in [3.8, 4) is 0 Å². The van der Waals surface area contributed by atoms with Crippen molar-refractivity contribution in [1.82, 2.24) is 10.2 Å². The van der Waals surface area contributed by atoms with Crippen LogP contribution in [-0.4, -0.2) is 61.4 Å². The maximum atomic E-state index is 11.9. The van der Waals surface area contributed by atoms with Gasteiger partial charge in [0.05, 0.1) is 25.4 Å². The van der Waals surface area contributed by atoms with E-state index in [1.54, 1.807) is 0 Å². The molecule has 1 fully saturated rings. The van der Waals surface area contributed by atoms with Gasteiger partial charge in [0.25, 0.3) is 0 Å². The Hall–Kier alpha value is -0.650. The highest BCUT2D eigenvalue weighted by molar-refractivity contribution is 5.76. The Morgan fingerprint density at radius 2 is 2.38 bits per heavy atom. The molecule has 0 saturated carbocycles. The third-order valence-electron chi connectivity index (χ3n) is 2.85. The highest BCUT2D eigenvalue weighted by Gasteiger charge is 2.28. The molecule has 1 rings (SSSR count). The van der Waals surface area contributed by atoms with Crippen LogP contribution < -0.4 is 5.32 Å². The Labute approximate surface area is 96.8 Å².